The Labute approximate surface area is 74.6 Å². The van der Waals surface area contributed by atoms with E-state index in [2.05, 4.69) is 45.0 Å². The summed E-state index contributed by atoms with van der Waals surface area (Å²) in [5.74, 6) is 0.506. The largest absolute Gasteiger partial charge is 0.324 e. The fourth-order valence-corrected chi connectivity index (χ4v) is 1.26. The monoisotopic (exact) mass is 163 g/mol. The zero-order valence-electron chi connectivity index (χ0n) is 8.04. The van der Waals surface area contributed by atoms with Gasteiger partial charge in [0.2, 0.25) is 0 Å². The van der Waals surface area contributed by atoms with Crippen LogP contribution in [0.4, 0.5) is 0 Å². The third kappa shape index (κ3) is 2.08. The fourth-order valence-electron chi connectivity index (χ4n) is 1.26. The molecule has 66 valence electrons. The molecule has 0 radical (unpaired) electrons. The second-order valence-electron chi connectivity index (χ2n) is 3.68. The van der Waals surface area contributed by atoms with E-state index in [0.29, 0.717) is 5.92 Å². The lowest BCUT2D eigenvalue weighted by Gasteiger charge is -2.16. The summed E-state index contributed by atoms with van der Waals surface area (Å²) in [6.07, 6.45) is 0. The SMILES string of the molecule is Cc1cccc([C@@H](N)C(C)C)c1. The smallest absolute Gasteiger partial charge is 0.0318 e. The summed E-state index contributed by atoms with van der Waals surface area (Å²) < 4.78 is 0. The summed E-state index contributed by atoms with van der Waals surface area (Å²) in [6.45, 7) is 6.39. The average Bonchev–Trinajstić information content (AvgIpc) is 2.03. The number of hydrogen-bond donors (Lipinski definition) is 1. The third-order valence-electron chi connectivity index (χ3n) is 2.15. The summed E-state index contributed by atoms with van der Waals surface area (Å²) in [4.78, 5) is 0. The van der Waals surface area contributed by atoms with Gasteiger partial charge in [-0.25, -0.2) is 0 Å². The van der Waals surface area contributed by atoms with Crippen LogP contribution < -0.4 is 5.73 Å². The Balaban J connectivity index is 2.88. The van der Waals surface area contributed by atoms with Crippen molar-refractivity contribution in [3.8, 4) is 0 Å². The van der Waals surface area contributed by atoms with Crippen molar-refractivity contribution in [2.75, 3.05) is 0 Å². The van der Waals surface area contributed by atoms with E-state index in [1.807, 2.05) is 0 Å². The molecule has 0 aliphatic carbocycles. The number of rotatable bonds is 2. The second kappa shape index (κ2) is 3.72. The van der Waals surface area contributed by atoms with Gasteiger partial charge >= 0.3 is 0 Å². The summed E-state index contributed by atoms with van der Waals surface area (Å²) in [7, 11) is 0. The zero-order chi connectivity index (χ0) is 9.14. The highest BCUT2D eigenvalue weighted by molar-refractivity contribution is 5.24. The predicted octanol–water partition coefficient (Wildman–Crippen LogP) is 2.65. The highest BCUT2D eigenvalue weighted by Crippen LogP contribution is 2.19. The van der Waals surface area contributed by atoms with Gasteiger partial charge in [0.05, 0.1) is 0 Å². The lowest BCUT2D eigenvalue weighted by molar-refractivity contribution is 0.514. The zero-order valence-corrected chi connectivity index (χ0v) is 8.04. The minimum absolute atomic E-state index is 0.171. The Bertz CT molecular complexity index is 253. The molecule has 0 amide bonds. The van der Waals surface area contributed by atoms with Crippen LogP contribution >= 0.6 is 0 Å². The normalized spacial score (nSPS) is 13.4. The van der Waals surface area contributed by atoms with Crippen molar-refractivity contribution in [3.63, 3.8) is 0 Å². The van der Waals surface area contributed by atoms with Crippen molar-refractivity contribution in [2.45, 2.75) is 26.8 Å². The molecule has 0 saturated heterocycles. The number of benzene rings is 1. The summed E-state index contributed by atoms with van der Waals surface area (Å²) in [5.41, 5.74) is 8.53. The van der Waals surface area contributed by atoms with Gasteiger partial charge in [0.15, 0.2) is 0 Å². The molecule has 1 rings (SSSR count). The molecule has 1 aromatic carbocycles. The molecule has 12 heavy (non-hydrogen) atoms. The van der Waals surface area contributed by atoms with Gasteiger partial charge in [-0.05, 0) is 18.4 Å². The van der Waals surface area contributed by atoms with E-state index in [-0.39, 0.29) is 6.04 Å². The quantitative estimate of drug-likeness (QED) is 0.712. The van der Waals surface area contributed by atoms with Crippen molar-refractivity contribution in [1.82, 2.24) is 0 Å². The fraction of sp³-hybridized carbons (Fsp3) is 0.455. The first kappa shape index (κ1) is 9.27. The Morgan fingerprint density at radius 1 is 1.25 bits per heavy atom. The van der Waals surface area contributed by atoms with Crippen molar-refractivity contribution in [1.29, 1.82) is 0 Å². The average molecular weight is 163 g/mol. The molecule has 1 aromatic rings. The molecule has 0 bridgehead atoms. The Morgan fingerprint density at radius 2 is 1.92 bits per heavy atom. The van der Waals surface area contributed by atoms with Crippen LogP contribution in [-0.2, 0) is 0 Å². The maximum Gasteiger partial charge on any atom is 0.0318 e. The molecule has 0 heterocycles. The molecule has 0 fully saturated rings. The van der Waals surface area contributed by atoms with Crippen LogP contribution in [0.25, 0.3) is 0 Å². The van der Waals surface area contributed by atoms with Gasteiger partial charge < -0.3 is 5.73 Å². The minimum atomic E-state index is 0.171. The third-order valence-corrected chi connectivity index (χ3v) is 2.15. The first-order valence-corrected chi connectivity index (χ1v) is 4.43. The molecule has 0 aromatic heterocycles. The van der Waals surface area contributed by atoms with Gasteiger partial charge in [0.1, 0.15) is 0 Å². The van der Waals surface area contributed by atoms with Gasteiger partial charge in [-0.15, -0.1) is 0 Å². The van der Waals surface area contributed by atoms with Crippen molar-refractivity contribution in [2.24, 2.45) is 11.7 Å². The Hall–Kier alpha value is -0.820. The first-order chi connectivity index (χ1) is 5.61. The van der Waals surface area contributed by atoms with Crippen molar-refractivity contribution >= 4 is 0 Å². The number of nitrogens with two attached hydrogens (primary N) is 1. The van der Waals surface area contributed by atoms with E-state index in [1.165, 1.54) is 11.1 Å². The topological polar surface area (TPSA) is 26.0 Å². The van der Waals surface area contributed by atoms with E-state index in [4.69, 9.17) is 5.73 Å². The molecular weight excluding hydrogens is 146 g/mol. The van der Waals surface area contributed by atoms with Crippen LogP contribution in [0.1, 0.15) is 31.0 Å². The molecule has 0 aliphatic heterocycles. The lowest BCUT2D eigenvalue weighted by Crippen LogP contribution is -2.16. The second-order valence-corrected chi connectivity index (χ2v) is 3.68. The highest BCUT2D eigenvalue weighted by atomic mass is 14.6. The summed E-state index contributed by atoms with van der Waals surface area (Å²) >= 11 is 0. The number of aryl methyl sites for hydroxylation is 1. The van der Waals surface area contributed by atoms with E-state index in [1.54, 1.807) is 0 Å². The summed E-state index contributed by atoms with van der Waals surface area (Å²) in [5, 5.41) is 0. The first-order valence-electron chi connectivity index (χ1n) is 4.43. The Kier molecular flexibility index (Phi) is 2.88. The maximum absolute atomic E-state index is 6.01. The van der Waals surface area contributed by atoms with Crippen LogP contribution in [0, 0.1) is 12.8 Å². The molecule has 0 aliphatic rings. The lowest BCUT2D eigenvalue weighted by atomic mass is 9.96. The summed E-state index contributed by atoms with van der Waals surface area (Å²) in [6, 6.07) is 8.58. The predicted molar refractivity (Wildman–Crippen MR) is 52.9 cm³/mol. The molecular formula is C11H17N. The van der Waals surface area contributed by atoms with E-state index in [9.17, 15) is 0 Å². The molecule has 1 nitrogen and oxygen atoms in total. The molecule has 0 saturated carbocycles. The molecule has 2 N–H and O–H groups in total. The highest BCUT2D eigenvalue weighted by Gasteiger charge is 2.09. The molecule has 1 heteroatoms. The van der Waals surface area contributed by atoms with Crippen molar-refractivity contribution in [3.05, 3.63) is 35.4 Å². The van der Waals surface area contributed by atoms with Crippen LogP contribution in [0.5, 0.6) is 0 Å². The van der Waals surface area contributed by atoms with Crippen LogP contribution in [0.3, 0.4) is 0 Å². The van der Waals surface area contributed by atoms with Crippen LogP contribution in [0.2, 0.25) is 0 Å². The van der Waals surface area contributed by atoms with Gasteiger partial charge in [-0.1, -0.05) is 43.7 Å². The van der Waals surface area contributed by atoms with Gasteiger partial charge in [0.25, 0.3) is 0 Å². The van der Waals surface area contributed by atoms with Crippen molar-refractivity contribution < 1.29 is 0 Å². The Morgan fingerprint density at radius 3 is 2.42 bits per heavy atom. The molecule has 0 unspecified atom stereocenters. The van der Waals surface area contributed by atoms with E-state index >= 15 is 0 Å². The molecule has 0 spiro atoms. The minimum Gasteiger partial charge on any atom is -0.324 e. The number of hydrogen-bond acceptors (Lipinski definition) is 1. The maximum atomic E-state index is 6.01. The van der Waals surface area contributed by atoms with E-state index in [0.717, 1.165) is 0 Å². The van der Waals surface area contributed by atoms with Crippen LogP contribution in [0.15, 0.2) is 24.3 Å². The van der Waals surface area contributed by atoms with Gasteiger partial charge in [-0.2, -0.15) is 0 Å². The molecule has 1 atom stereocenters. The van der Waals surface area contributed by atoms with E-state index < -0.39 is 0 Å². The van der Waals surface area contributed by atoms with Crippen LogP contribution in [-0.4, -0.2) is 0 Å². The standard InChI is InChI=1S/C11H17N/c1-8(2)11(12)10-6-4-5-9(3)7-10/h4-8,11H,12H2,1-3H3/t11-/m0/s1. The van der Waals surface area contributed by atoms with Gasteiger partial charge in [-0.3, -0.25) is 0 Å². The van der Waals surface area contributed by atoms with Gasteiger partial charge in [0, 0.05) is 6.04 Å².